The summed E-state index contributed by atoms with van der Waals surface area (Å²) in [4.78, 5) is 26.0. The van der Waals surface area contributed by atoms with E-state index in [4.69, 9.17) is 4.98 Å². The number of thiophene rings is 1. The molecule has 0 aliphatic heterocycles. The topological polar surface area (TPSA) is 104 Å². The number of aliphatic hydroxyl groups is 2. The van der Waals surface area contributed by atoms with Gasteiger partial charge in [-0.1, -0.05) is 0 Å². The van der Waals surface area contributed by atoms with Crippen molar-refractivity contribution in [3.63, 3.8) is 0 Å². The molecular formula is C19H25N5O3S. The lowest BCUT2D eigenvalue weighted by Crippen LogP contribution is -2.41. The number of aromatic nitrogens is 4. The van der Waals surface area contributed by atoms with Gasteiger partial charge in [-0.25, -0.2) is 9.97 Å². The van der Waals surface area contributed by atoms with E-state index in [1.807, 2.05) is 6.92 Å². The molecule has 0 radical (unpaired) electrons. The zero-order chi connectivity index (χ0) is 20.0. The van der Waals surface area contributed by atoms with Crippen LogP contribution in [-0.4, -0.2) is 65.9 Å². The molecule has 1 aliphatic carbocycles. The van der Waals surface area contributed by atoms with Gasteiger partial charge >= 0.3 is 0 Å². The molecule has 9 heteroatoms. The Morgan fingerprint density at radius 3 is 2.54 bits per heavy atom. The second-order valence-corrected chi connectivity index (χ2v) is 8.71. The first-order valence-corrected chi connectivity index (χ1v) is 10.5. The van der Waals surface area contributed by atoms with Gasteiger partial charge in [0.25, 0.3) is 5.91 Å². The summed E-state index contributed by atoms with van der Waals surface area (Å²) in [7, 11) is 0. The highest BCUT2D eigenvalue weighted by atomic mass is 32.1. The summed E-state index contributed by atoms with van der Waals surface area (Å²) in [5.74, 6) is 0.349. The molecule has 2 N–H and O–H groups in total. The van der Waals surface area contributed by atoms with Crippen LogP contribution in [-0.2, 0) is 12.8 Å². The molecule has 0 aromatic carbocycles. The second kappa shape index (κ2) is 7.38. The maximum Gasteiger partial charge on any atom is 0.293 e. The van der Waals surface area contributed by atoms with E-state index in [0.29, 0.717) is 11.5 Å². The van der Waals surface area contributed by atoms with Crippen molar-refractivity contribution in [1.82, 2.24) is 24.5 Å². The number of carbonyl (C=O) groups excluding carboxylic acids is 1. The molecule has 3 aromatic heterocycles. The first kappa shape index (κ1) is 19.2. The van der Waals surface area contributed by atoms with Crippen molar-refractivity contribution in [1.29, 1.82) is 0 Å². The third-order valence-electron chi connectivity index (χ3n) is 5.00. The lowest BCUT2D eigenvalue weighted by molar-refractivity contribution is 0.0507. The summed E-state index contributed by atoms with van der Waals surface area (Å²) in [5, 5.41) is 24.9. The van der Waals surface area contributed by atoms with Crippen molar-refractivity contribution in [2.75, 3.05) is 13.1 Å². The molecule has 28 heavy (non-hydrogen) atoms. The zero-order valence-electron chi connectivity index (χ0n) is 16.3. The van der Waals surface area contributed by atoms with Crippen LogP contribution in [0.15, 0.2) is 0 Å². The first-order chi connectivity index (χ1) is 13.3. The molecular weight excluding hydrogens is 378 g/mol. The average Bonchev–Trinajstić information content (AvgIpc) is 3.21. The Bertz CT molecular complexity index is 1030. The van der Waals surface area contributed by atoms with Gasteiger partial charge in [0.05, 0.1) is 17.6 Å². The van der Waals surface area contributed by atoms with Gasteiger partial charge in [0.15, 0.2) is 5.65 Å². The van der Waals surface area contributed by atoms with Crippen LogP contribution in [0.1, 0.15) is 53.6 Å². The molecule has 3 heterocycles. The zero-order valence-corrected chi connectivity index (χ0v) is 17.2. The largest absolute Gasteiger partial charge is 0.392 e. The molecule has 2 atom stereocenters. The van der Waals surface area contributed by atoms with E-state index in [-0.39, 0.29) is 18.9 Å². The first-order valence-electron chi connectivity index (χ1n) is 9.68. The van der Waals surface area contributed by atoms with Gasteiger partial charge in [-0.3, -0.25) is 4.79 Å². The summed E-state index contributed by atoms with van der Waals surface area (Å²) in [5.41, 5.74) is 1.96. The van der Waals surface area contributed by atoms with Crippen molar-refractivity contribution in [2.24, 2.45) is 0 Å². The molecule has 0 spiro atoms. The number of carbonyl (C=O) groups is 1. The van der Waals surface area contributed by atoms with Crippen LogP contribution in [0.5, 0.6) is 0 Å². The number of hydrogen-bond donors (Lipinski definition) is 2. The van der Waals surface area contributed by atoms with E-state index in [9.17, 15) is 15.0 Å². The van der Waals surface area contributed by atoms with Crippen molar-refractivity contribution >= 4 is 33.1 Å². The normalized spacial score (nSPS) is 16.3. The molecule has 8 nitrogen and oxygen atoms in total. The van der Waals surface area contributed by atoms with Gasteiger partial charge in [-0.2, -0.15) is 4.52 Å². The lowest BCUT2D eigenvalue weighted by atomic mass is 9.97. The molecule has 0 saturated carbocycles. The van der Waals surface area contributed by atoms with E-state index in [2.05, 4.69) is 10.1 Å². The van der Waals surface area contributed by atoms with Crippen molar-refractivity contribution in [3.05, 3.63) is 22.1 Å². The highest BCUT2D eigenvalue weighted by Crippen LogP contribution is 2.37. The summed E-state index contributed by atoms with van der Waals surface area (Å²) in [6.07, 6.45) is 2.99. The minimum atomic E-state index is -0.710. The minimum Gasteiger partial charge on any atom is -0.392 e. The average molecular weight is 404 g/mol. The van der Waals surface area contributed by atoms with Crippen LogP contribution in [0.3, 0.4) is 0 Å². The van der Waals surface area contributed by atoms with E-state index >= 15 is 0 Å². The van der Waals surface area contributed by atoms with Crippen LogP contribution in [0.2, 0.25) is 0 Å². The lowest BCUT2D eigenvalue weighted by Gasteiger charge is -2.23. The number of amides is 1. The number of rotatable bonds is 5. The van der Waals surface area contributed by atoms with Crippen LogP contribution < -0.4 is 0 Å². The monoisotopic (exact) mass is 403 g/mol. The van der Waals surface area contributed by atoms with Crippen molar-refractivity contribution in [2.45, 2.75) is 58.7 Å². The Morgan fingerprint density at radius 1 is 1.18 bits per heavy atom. The molecule has 1 amide bonds. The van der Waals surface area contributed by atoms with Gasteiger partial charge in [-0.05, 0) is 52.0 Å². The molecule has 2 unspecified atom stereocenters. The standard InChI is InChI=1S/C19H25N5O3S/c1-10(25)8-23(9-11(2)26)19(27)16-21-17-15-13-6-4-5-7-14(13)28-18(15)20-12(3)24(17)22-16/h10-11,25-26H,4-9H2,1-3H3. The summed E-state index contributed by atoms with van der Waals surface area (Å²) >= 11 is 1.72. The third kappa shape index (κ3) is 3.38. The summed E-state index contributed by atoms with van der Waals surface area (Å²) in [6, 6.07) is 0. The van der Waals surface area contributed by atoms with Gasteiger partial charge < -0.3 is 15.1 Å². The van der Waals surface area contributed by atoms with Gasteiger partial charge in [-0.15, -0.1) is 16.4 Å². The van der Waals surface area contributed by atoms with E-state index < -0.39 is 18.1 Å². The second-order valence-electron chi connectivity index (χ2n) is 7.63. The smallest absolute Gasteiger partial charge is 0.293 e. The van der Waals surface area contributed by atoms with Crippen molar-refractivity contribution < 1.29 is 15.0 Å². The number of aliphatic hydroxyl groups excluding tert-OH is 2. The van der Waals surface area contributed by atoms with E-state index in [1.54, 1.807) is 29.7 Å². The number of nitrogens with zero attached hydrogens (tertiary/aromatic N) is 5. The molecule has 4 rings (SSSR count). The van der Waals surface area contributed by atoms with Gasteiger partial charge in [0, 0.05) is 18.0 Å². The highest BCUT2D eigenvalue weighted by molar-refractivity contribution is 7.19. The van der Waals surface area contributed by atoms with Crippen LogP contribution in [0.25, 0.3) is 15.9 Å². The van der Waals surface area contributed by atoms with E-state index in [1.165, 1.54) is 21.8 Å². The van der Waals surface area contributed by atoms with E-state index in [0.717, 1.165) is 29.5 Å². The Morgan fingerprint density at radius 2 is 1.86 bits per heavy atom. The fraction of sp³-hybridized carbons (Fsp3) is 0.579. The predicted molar refractivity (Wildman–Crippen MR) is 107 cm³/mol. The van der Waals surface area contributed by atoms with Crippen LogP contribution >= 0.6 is 11.3 Å². The Labute approximate surface area is 166 Å². The molecule has 0 saturated heterocycles. The van der Waals surface area contributed by atoms with Gasteiger partial charge in [0.1, 0.15) is 10.7 Å². The minimum absolute atomic E-state index is 0.0643. The predicted octanol–water partition coefficient (Wildman–Crippen LogP) is 1.73. The Balaban J connectivity index is 1.82. The number of aryl methyl sites for hydroxylation is 3. The van der Waals surface area contributed by atoms with Crippen molar-refractivity contribution in [3.8, 4) is 0 Å². The number of hydrogen-bond acceptors (Lipinski definition) is 7. The maximum absolute atomic E-state index is 13.0. The molecule has 0 fully saturated rings. The Kier molecular flexibility index (Phi) is 5.07. The summed E-state index contributed by atoms with van der Waals surface area (Å²) < 4.78 is 1.64. The molecule has 0 bridgehead atoms. The Hall–Kier alpha value is -2.10. The quantitative estimate of drug-likeness (QED) is 0.672. The summed E-state index contributed by atoms with van der Waals surface area (Å²) in [6.45, 7) is 5.29. The maximum atomic E-state index is 13.0. The molecule has 1 aliphatic rings. The number of fused-ring (bicyclic) bond motifs is 5. The molecule has 3 aromatic rings. The SMILES string of the molecule is Cc1nc2sc3c(c2c2nc(C(=O)N(CC(C)O)CC(C)O)nn12)CCCC3. The van der Waals surface area contributed by atoms with Gasteiger partial charge in [0.2, 0.25) is 5.82 Å². The fourth-order valence-corrected chi connectivity index (χ4v) is 5.17. The third-order valence-corrected chi connectivity index (χ3v) is 6.19. The fourth-order valence-electron chi connectivity index (χ4n) is 3.86. The van der Waals surface area contributed by atoms with Crippen LogP contribution in [0, 0.1) is 6.92 Å². The molecule has 150 valence electrons. The highest BCUT2D eigenvalue weighted by Gasteiger charge is 2.26. The van der Waals surface area contributed by atoms with Crippen LogP contribution in [0.4, 0.5) is 0 Å².